The summed E-state index contributed by atoms with van der Waals surface area (Å²) in [5.74, 6) is 0. The lowest BCUT2D eigenvalue weighted by atomic mass is 9.89. The molecule has 1 saturated heterocycles. The third-order valence-electron chi connectivity index (χ3n) is 3.74. The van der Waals surface area contributed by atoms with Crippen molar-refractivity contribution in [3.8, 4) is 0 Å². The van der Waals surface area contributed by atoms with Crippen molar-refractivity contribution in [3.63, 3.8) is 0 Å². The Hall–Kier alpha value is -1.45. The van der Waals surface area contributed by atoms with E-state index in [1.807, 2.05) is 12.3 Å². The van der Waals surface area contributed by atoms with Gasteiger partial charge in [-0.3, -0.25) is 4.98 Å². The number of benzene rings is 1. The van der Waals surface area contributed by atoms with Crippen LogP contribution in [-0.4, -0.2) is 31.3 Å². The van der Waals surface area contributed by atoms with E-state index in [1.54, 1.807) is 0 Å². The monoisotopic (exact) mass is 256 g/mol. The Morgan fingerprint density at radius 1 is 1.26 bits per heavy atom. The van der Waals surface area contributed by atoms with Crippen LogP contribution in [0.15, 0.2) is 36.5 Å². The minimum absolute atomic E-state index is 0.344. The van der Waals surface area contributed by atoms with Crippen LogP contribution in [0, 0.1) is 5.41 Å². The van der Waals surface area contributed by atoms with Crippen LogP contribution in [0.5, 0.6) is 0 Å². The highest BCUT2D eigenvalue weighted by atomic mass is 16.5. The van der Waals surface area contributed by atoms with Crippen LogP contribution in [0.2, 0.25) is 0 Å². The molecule has 2 heterocycles. The Labute approximate surface area is 114 Å². The van der Waals surface area contributed by atoms with Crippen molar-refractivity contribution in [3.05, 3.63) is 42.1 Å². The molecule has 1 aromatic heterocycles. The molecule has 0 bridgehead atoms. The first-order valence-electron chi connectivity index (χ1n) is 6.88. The molecule has 3 heteroatoms. The standard InChI is InChI=1S/C16H20N2O/c1-16(11-19-12-16)10-17-9-7-14-5-2-4-13-6-3-8-18-15(13)14/h2-6,8,17H,7,9-12H2,1H3. The zero-order chi connectivity index (χ0) is 13.1. The number of nitrogens with zero attached hydrogens (tertiary/aromatic N) is 1. The topological polar surface area (TPSA) is 34.2 Å². The van der Waals surface area contributed by atoms with Gasteiger partial charge in [0.05, 0.1) is 18.7 Å². The number of ether oxygens (including phenoxy) is 1. The molecule has 100 valence electrons. The van der Waals surface area contributed by atoms with Crippen molar-refractivity contribution in [1.29, 1.82) is 0 Å². The molecule has 1 N–H and O–H groups in total. The summed E-state index contributed by atoms with van der Waals surface area (Å²) in [6.45, 7) is 6.06. The van der Waals surface area contributed by atoms with Gasteiger partial charge in [-0.2, -0.15) is 0 Å². The molecule has 0 spiro atoms. The summed E-state index contributed by atoms with van der Waals surface area (Å²) in [4.78, 5) is 4.49. The van der Waals surface area contributed by atoms with E-state index in [9.17, 15) is 0 Å². The molecule has 3 nitrogen and oxygen atoms in total. The Kier molecular flexibility index (Phi) is 3.49. The van der Waals surface area contributed by atoms with E-state index >= 15 is 0 Å². The third-order valence-corrected chi connectivity index (χ3v) is 3.74. The van der Waals surface area contributed by atoms with Crippen molar-refractivity contribution < 1.29 is 4.74 Å². The van der Waals surface area contributed by atoms with Gasteiger partial charge in [-0.25, -0.2) is 0 Å². The Morgan fingerprint density at radius 3 is 2.89 bits per heavy atom. The van der Waals surface area contributed by atoms with Crippen LogP contribution in [0.4, 0.5) is 0 Å². The van der Waals surface area contributed by atoms with Gasteiger partial charge in [0.2, 0.25) is 0 Å². The third kappa shape index (κ3) is 2.77. The van der Waals surface area contributed by atoms with Gasteiger partial charge in [-0.1, -0.05) is 31.2 Å². The maximum absolute atomic E-state index is 5.26. The Bertz CT molecular complexity index is 558. The molecule has 1 aliphatic heterocycles. The van der Waals surface area contributed by atoms with Gasteiger partial charge in [-0.05, 0) is 24.6 Å². The summed E-state index contributed by atoms with van der Waals surface area (Å²) < 4.78 is 5.26. The fourth-order valence-corrected chi connectivity index (χ4v) is 2.53. The average molecular weight is 256 g/mol. The summed E-state index contributed by atoms with van der Waals surface area (Å²) in [5.41, 5.74) is 2.79. The lowest BCUT2D eigenvalue weighted by Crippen LogP contribution is -2.47. The first-order valence-corrected chi connectivity index (χ1v) is 6.88. The molecule has 0 unspecified atom stereocenters. The zero-order valence-electron chi connectivity index (χ0n) is 11.4. The average Bonchev–Trinajstić information content (AvgIpc) is 2.42. The van der Waals surface area contributed by atoms with E-state index in [0.29, 0.717) is 5.41 Å². The molecule has 0 radical (unpaired) electrons. The molecule has 0 amide bonds. The van der Waals surface area contributed by atoms with E-state index in [4.69, 9.17) is 4.74 Å². The van der Waals surface area contributed by atoms with Crippen LogP contribution in [-0.2, 0) is 11.2 Å². The molecule has 0 saturated carbocycles. The summed E-state index contributed by atoms with van der Waals surface area (Å²) in [6.07, 6.45) is 2.89. The lowest BCUT2D eigenvalue weighted by molar-refractivity contribution is -0.0988. The van der Waals surface area contributed by atoms with Gasteiger partial charge in [0.1, 0.15) is 0 Å². The van der Waals surface area contributed by atoms with Crippen molar-refractivity contribution >= 4 is 10.9 Å². The van der Waals surface area contributed by atoms with E-state index in [-0.39, 0.29) is 0 Å². The number of pyridine rings is 1. The van der Waals surface area contributed by atoms with Gasteiger partial charge in [0.25, 0.3) is 0 Å². The number of fused-ring (bicyclic) bond motifs is 1. The molecule has 2 aromatic rings. The quantitative estimate of drug-likeness (QED) is 0.834. The van der Waals surface area contributed by atoms with Gasteiger partial charge >= 0.3 is 0 Å². The van der Waals surface area contributed by atoms with Gasteiger partial charge < -0.3 is 10.1 Å². The second-order valence-electron chi connectivity index (χ2n) is 5.72. The number of rotatable bonds is 5. The maximum Gasteiger partial charge on any atom is 0.0734 e. The lowest BCUT2D eigenvalue weighted by Gasteiger charge is -2.38. The van der Waals surface area contributed by atoms with E-state index in [1.165, 1.54) is 10.9 Å². The Morgan fingerprint density at radius 2 is 2.11 bits per heavy atom. The molecule has 1 aliphatic rings. The van der Waals surface area contributed by atoms with Crippen LogP contribution in [0.25, 0.3) is 10.9 Å². The maximum atomic E-state index is 5.26. The molecule has 0 aliphatic carbocycles. The number of aromatic nitrogens is 1. The highest BCUT2D eigenvalue weighted by Crippen LogP contribution is 2.25. The molecule has 19 heavy (non-hydrogen) atoms. The van der Waals surface area contributed by atoms with E-state index in [0.717, 1.165) is 38.2 Å². The predicted molar refractivity (Wildman–Crippen MR) is 77.2 cm³/mol. The number of hydrogen-bond acceptors (Lipinski definition) is 3. The summed E-state index contributed by atoms with van der Waals surface area (Å²) in [6, 6.07) is 10.5. The van der Waals surface area contributed by atoms with Gasteiger partial charge in [0.15, 0.2) is 0 Å². The summed E-state index contributed by atoms with van der Waals surface area (Å²) >= 11 is 0. The molecule has 3 rings (SSSR count). The number of para-hydroxylation sites is 1. The van der Waals surface area contributed by atoms with Crippen LogP contribution in [0.1, 0.15) is 12.5 Å². The summed E-state index contributed by atoms with van der Waals surface area (Å²) in [7, 11) is 0. The molecule has 0 atom stereocenters. The number of nitrogens with one attached hydrogen (secondary N) is 1. The molecular weight excluding hydrogens is 236 g/mol. The second kappa shape index (κ2) is 5.27. The first-order chi connectivity index (χ1) is 9.27. The predicted octanol–water partition coefficient (Wildman–Crippen LogP) is 2.40. The molecule has 1 aromatic carbocycles. The van der Waals surface area contributed by atoms with Crippen molar-refractivity contribution in [2.75, 3.05) is 26.3 Å². The summed E-state index contributed by atoms with van der Waals surface area (Å²) in [5, 5.41) is 4.75. The number of hydrogen-bond donors (Lipinski definition) is 1. The minimum Gasteiger partial charge on any atom is -0.380 e. The van der Waals surface area contributed by atoms with Crippen LogP contribution in [0.3, 0.4) is 0 Å². The fourth-order valence-electron chi connectivity index (χ4n) is 2.53. The highest BCUT2D eigenvalue weighted by molar-refractivity contribution is 5.81. The smallest absolute Gasteiger partial charge is 0.0734 e. The molecule has 1 fully saturated rings. The zero-order valence-corrected chi connectivity index (χ0v) is 11.4. The second-order valence-corrected chi connectivity index (χ2v) is 5.72. The molecular formula is C16H20N2O. The van der Waals surface area contributed by atoms with Crippen molar-refractivity contribution in [2.45, 2.75) is 13.3 Å². The normalized spacial score (nSPS) is 17.3. The van der Waals surface area contributed by atoms with Gasteiger partial charge in [0, 0.05) is 23.5 Å². The van der Waals surface area contributed by atoms with E-state index < -0.39 is 0 Å². The van der Waals surface area contributed by atoms with Crippen molar-refractivity contribution in [1.82, 2.24) is 10.3 Å². The largest absolute Gasteiger partial charge is 0.380 e. The van der Waals surface area contributed by atoms with Crippen LogP contribution < -0.4 is 5.32 Å². The minimum atomic E-state index is 0.344. The van der Waals surface area contributed by atoms with Gasteiger partial charge in [-0.15, -0.1) is 0 Å². The van der Waals surface area contributed by atoms with E-state index in [2.05, 4.69) is 41.5 Å². The highest BCUT2D eigenvalue weighted by Gasteiger charge is 2.32. The fraction of sp³-hybridized carbons (Fsp3) is 0.438. The first kappa shape index (κ1) is 12.6. The Balaban J connectivity index is 1.59. The SMILES string of the molecule is CC1(CNCCc2cccc3cccnc23)COC1. The van der Waals surface area contributed by atoms with Crippen LogP contribution >= 0.6 is 0 Å². The van der Waals surface area contributed by atoms with Crippen molar-refractivity contribution in [2.24, 2.45) is 5.41 Å².